The molecule has 0 saturated carbocycles. The van der Waals surface area contributed by atoms with Crippen LogP contribution in [0.4, 0.5) is 0 Å². The summed E-state index contributed by atoms with van der Waals surface area (Å²) in [7, 11) is 0. The summed E-state index contributed by atoms with van der Waals surface area (Å²) >= 11 is 0. The second kappa shape index (κ2) is 4.63. The summed E-state index contributed by atoms with van der Waals surface area (Å²) in [5.41, 5.74) is 5.90. The van der Waals surface area contributed by atoms with Crippen molar-refractivity contribution in [3.63, 3.8) is 0 Å². The van der Waals surface area contributed by atoms with Crippen molar-refractivity contribution in [1.29, 1.82) is 0 Å². The minimum Gasteiger partial charge on any atom is -0.330 e. The van der Waals surface area contributed by atoms with Crippen LogP contribution in [0, 0.1) is 11.8 Å². The van der Waals surface area contributed by atoms with Crippen molar-refractivity contribution in [2.24, 2.45) is 17.6 Å². The fraction of sp³-hybridized carbons (Fsp3) is 1.00. The van der Waals surface area contributed by atoms with Crippen molar-refractivity contribution in [2.45, 2.75) is 45.1 Å². The Hall–Kier alpha value is -0.0800. The summed E-state index contributed by atoms with van der Waals surface area (Å²) in [6, 6.07) is 0.830. The second-order valence-corrected chi connectivity index (χ2v) is 5.06. The van der Waals surface area contributed by atoms with E-state index in [0.29, 0.717) is 0 Å². The number of piperidine rings is 2. The van der Waals surface area contributed by atoms with E-state index in [1.807, 2.05) is 0 Å². The van der Waals surface area contributed by atoms with Crippen LogP contribution >= 0.6 is 0 Å². The Kier molecular flexibility index (Phi) is 3.45. The molecule has 2 saturated heterocycles. The van der Waals surface area contributed by atoms with Gasteiger partial charge >= 0.3 is 0 Å². The molecule has 0 aromatic carbocycles. The van der Waals surface area contributed by atoms with Gasteiger partial charge in [-0.2, -0.15) is 0 Å². The average molecular weight is 196 g/mol. The van der Waals surface area contributed by atoms with E-state index in [-0.39, 0.29) is 0 Å². The number of nitrogens with two attached hydrogens (primary N) is 1. The Morgan fingerprint density at radius 3 is 2.93 bits per heavy atom. The molecule has 2 N–H and O–H groups in total. The maximum Gasteiger partial charge on any atom is 0.0136 e. The Balaban J connectivity index is 2.01. The molecule has 2 heterocycles. The smallest absolute Gasteiger partial charge is 0.0136 e. The van der Waals surface area contributed by atoms with Crippen LogP contribution in [-0.2, 0) is 0 Å². The number of hydrogen-bond acceptors (Lipinski definition) is 2. The van der Waals surface area contributed by atoms with E-state index in [1.165, 1.54) is 45.2 Å². The van der Waals surface area contributed by atoms with Gasteiger partial charge in [-0.3, -0.25) is 4.90 Å². The van der Waals surface area contributed by atoms with E-state index in [1.54, 1.807) is 0 Å². The quantitative estimate of drug-likeness (QED) is 0.730. The first-order chi connectivity index (χ1) is 6.85. The largest absolute Gasteiger partial charge is 0.330 e. The van der Waals surface area contributed by atoms with Gasteiger partial charge in [0.25, 0.3) is 0 Å². The fourth-order valence-corrected chi connectivity index (χ4v) is 3.32. The summed E-state index contributed by atoms with van der Waals surface area (Å²) in [4.78, 5) is 2.72. The summed E-state index contributed by atoms with van der Waals surface area (Å²) < 4.78 is 0. The molecule has 0 aromatic rings. The maximum absolute atomic E-state index is 5.90. The summed E-state index contributed by atoms with van der Waals surface area (Å²) in [5, 5.41) is 0. The van der Waals surface area contributed by atoms with Gasteiger partial charge in [0, 0.05) is 12.6 Å². The molecule has 0 amide bonds. The molecule has 0 aliphatic carbocycles. The van der Waals surface area contributed by atoms with Crippen molar-refractivity contribution in [3.05, 3.63) is 0 Å². The van der Waals surface area contributed by atoms with Crippen molar-refractivity contribution >= 4 is 0 Å². The predicted octanol–water partition coefficient (Wildman–Crippen LogP) is 1.85. The molecule has 0 aromatic heterocycles. The highest BCUT2D eigenvalue weighted by molar-refractivity contribution is 4.90. The molecular weight excluding hydrogens is 172 g/mol. The molecule has 82 valence electrons. The van der Waals surface area contributed by atoms with Crippen LogP contribution in [0.3, 0.4) is 0 Å². The van der Waals surface area contributed by atoms with E-state index in [9.17, 15) is 0 Å². The molecule has 0 bridgehead atoms. The molecule has 0 spiro atoms. The van der Waals surface area contributed by atoms with Crippen molar-refractivity contribution in [1.82, 2.24) is 4.90 Å². The van der Waals surface area contributed by atoms with E-state index in [4.69, 9.17) is 5.73 Å². The Bertz CT molecular complexity index is 173. The first-order valence-corrected chi connectivity index (χ1v) is 6.29. The standard InChI is InChI=1S/C12H24N2/c1-2-10-7-11(8-13)12-5-3-4-6-14(12)9-10/h10-12H,2-9,13H2,1H3/t10-,11+,12?/m0/s1. The molecular formula is C12H24N2. The van der Waals surface area contributed by atoms with Gasteiger partial charge in [-0.1, -0.05) is 19.8 Å². The van der Waals surface area contributed by atoms with Crippen LogP contribution in [0.1, 0.15) is 39.0 Å². The Morgan fingerprint density at radius 2 is 2.21 bits per heavy atom. The highest BCUT2D eigenvalue weighted by Gasteiger charge is 2.35. The number of rotatable bonds is 2. The number of hydrogen-bond donors (Lipinski definition) is 1. The Morgan fingerprint density at radius 1 is 1.36 bits per heavy atom. The lowest BCUT2D eigenvalue weighted by Crippen LogP contribution is -2.52. The molecule has 1 unspecified atom stereocenters. The minimum atomic E-state index is 0.786. The molecule has 2 aliphatic rings. The van der Waals surface area contributed by atoms with Gasteiger partial charge in [-0.25, -0.2) is 0 Å². The molecule has 2 rings (SSSR count). The van der Waals surface area contributed by atoms with E-state index in [2.05, 4.69) is 11.8 Å². The molecule has 3 atom stereocenters. The molecule has 2 heteroatoms. The molecule has 2 aliphatic heterocycles. The minimum absolute atomic E-state index is 0.786. The van der Waals surface area contributed by atoms with Gasteiger partial charge in [0.2, 0.25) is 0 Å². The third kappa shape index (κ3) is 1.96. The zero-order chi connectivity index (χ0) is 9.97. The predicted molar refractivity (Wildman–Crippen MR) is 60.2 cm³/mol. The van der Waals surface area contributed by atoms with Gasteiger partial charge in [-0.05, 0) is 44.2 Å². The second-order valence-electron chi connectivity index (χ2n) is 5.06. The molecule has 2 fully saturated rings. The first kappa shape index (κ1) is 10.4. The van der Waals surface area contributed by atoms with Crippen molar-refractivity contribution in [3.8, 4) is 0 Å². The monoisotopic (exact) mass is 196 g/mol. The summed E-state index contributed by atoms with van der Waals surface area (Å²) in [6.45, 7) is 5.90. The van der Waals surface area contributed by atoms with Crippen molar-refractivity contribution in [2.75, 3.05) is 19.6 Å². The van der Waals surface area contributed by atoms with Gasteiger partial charge in [0.15, 0.2) is 0 Å². The van der Waals surface area contributed by atoms with Crippen molar-refractivity contribution < 1.29 is 0 Å². The zero-order valence-electron chi connectivity index (χ0n) is 9.41. The topological polar surface area (TPSA) is 29.3 Å². The van der Waals surface area contributed by atoms with Crippen LogP contribution in [0.15, 0.2) is 0 Å². The van der Waals surface area contributed by atoms with Gasteiger partial charge in [-0.15, -0.1) is 0 Å². The lowest BCUT2D eigenvalue weighted by molar-refractivity contribution is 0.0301. The van der Waals surface area contributed by atoms with Crippen LogP contribution in [-0.4, -0.2) is 30.6 Å². The first-order valence-electron chi connectivity index (χ1n) is 6.29. The van der Waals surface area contributed by atoms with Gasteiger partial charge in [0.05, 0.1) is 0 Å². The fourth-order valence-electron chi connectivity index (χ4n) is 3.32. The Labute approximate surface area is 87.8 Å². The lowest BCUT2D eigenvalue weighted by Gasteiger charge is -2.47. The SMILES string of the molecule is CC[C@H]1C[C@H](CN)C2CCCCN2C1. The van der Waals surface area contributed by atoms with Crippen LogP contribution < -0.4 is 5.73 Å². The molecule has 0 radical (unpaired) electrons. The normalized spacial score (nSPS) is 39.4. The number of fused-ring (bicyclic) bond motifs is 1. The van der Waals surface area contributed by atoms with E-state index < -0.39 is 0 Å². The van der Waals surface area contributed by atoms with Gasteiger partial charge in [0.1, 0.15) is 0 Å². The van der Waals surface area contributed by atoms with E-state index >= 15 is 0 Å². The summed E-state index contributed by atoms with van der Waals surface area (Å²) in [5.74, 6) is 1.70. The van der Waals surface area contributed by atoms with Crippen LogP contribution in [0.25, 0.3) is 0 Å². The van der Waals surface area contributed by atoms with E-state index in [0.717, 1.165) is 24.4 Å². The molecule has 2 nitrogen and oxygen atoms in total. The summed E-state index contributed by atoms with van der Waals surface area (Å²) in [6.07, 6.45) is 6.95. The highest BCUT2D eigenvalue weighted by Crippen LogP contribution is 2.33. The average Bonchev–Trinajstić information content (AvgIpc) is 2.27. The third-order valence-electron chi connectivity index (χ3n) is 4.22. The highest BCUT2D eigenvalue weighted by atomic mass is 15.2. The van der Waals surface area contributed by atoms with Gasteiger partial charge < -0.3 is 5.73 Å². The lowest BCUT2D eigenvalue weighted by atomic mass is 9.78. The van der Waals surface area contributed by atoms with Crippen LogP contribution in [0.5, 0.6) is 0 Å². The number of nitrogens with zero attached hydrogens (tertiary/aromatic N) is 1. The molecule has 14 heavy (non-hydrogen) atoms. The maximum atomic E-state index is 5.90. The third-order valence-corrected chi connectivity index (χ3v) is 4.22. The zero-order valence-corrected chi connectivity index (χ0v) is 9.41. The van der Waals surface area contributed by atoms with Crippen LogP contribution in [0.2, 0.25) is 0 Å².